The van der Waals surface area contributed by atoms with Crippen LogP contribution in [0.4, 0.5) is 0 Å². The number of ether oxygens (including phenoxy) is 1. The van der Waals surface area contributed by atoms with Gasteiger partial charge >= 0.3 is 5.97 Å². The lowest BCUT2D eigenvalue weighted by Crippen LogP contribution is -2.58. The van der Waals surface area contributed by atoms with Crippen LogP contribution in [0.25, 0.3) is 0 Å². The molecule has 29 heavy (non-hydrogen) atoms. The van der Waals surface area contributed by atoms with Crippen LogP contribution in [0, 0.1) is 5.92 Å². The smallest absolute Gasteiger partial charge is 0.360 e. The molecule has 0 aromatic heterocycles. The summed E-state index contributed by atoms with van der Waals surface area (Å²) in [6.07, 6.45) is 0.672. The van der Waals surface area contributed by atoms with Crippen molar-refractivity contribution in [2.24, 2.45) is 5.92 Å². The third-order valence-corrected chi connectivity index (χ3v) is 6.79. The van der Waals surface area contributed by atoms with Gasteiger partial charge in [-0.05, 0) is 24.1 Å². The number of hydrogen-bond acceptors (Lipinski definition) is 5. The first-order valence-electron chi connectivity index (χ1n) is 9.46. The quantitative estimate of drug-likeness (QED) is 0.429. The second-order valence-corrected chi connectivity index (χ2v) is 8.52. The first-order valence-corrected chi connectivity index (χ1v) is 10.6. The Morgan fingerprint density at radius 2 is 1.79 bits per heavy atom. The van der Waals surface area contributed by atoms with Crippen molar-refractivity contribution in [3.8, 4) is 0 Å². The minimum absolute atomic E-state index is 0.0706. The highest BCUT2D eigenvalue weighted by Crippen LogP contribution is 2.46. The molecule has 0 radical (unpaired) electrons. The largest absolute Gasteiger partial charge is 0.607 e. The number of amides is 1. The van der Waals surface area contributed by atoms with Gasteiger partial charge in [0.2, 0.25) is 5.91 Å². The Morgan fingerprint density at radius 1 is 1.14 bits per heavy atom. The Kier molecular flexibility index (Phi) is 5.71. The van der Waals surface area contributed by atoms with Gasteiger partial charge in [-0.2, -0.15) is 0 Å². The van der Waals surface area contributed by atoms with Crippen molar-refractivity contribution in [1.82, 2.24) is 4.90 Å². The summed E-state index contributed by atoms with van der Waals surface area (Å²) in [6.45, 7) is -0.0349. The van der Waals surface area contributed by atoms with Crippen LogP contribution >= 0.6 is 0 Å². The molecular weight excluding hydrogens is 390 g/mol. The molecule has 1 N–H and O–H groups in total. The van der Waals surface area contributed by atoms with E-state index in [1.807, 2.05) is 36.4 Å². The molecule has 0 spiro atoms. The van der Waals surface area contributed by atoms with Gasteiger partial charge in [0.25, 0.3) is 0 Å². The van der Waals surface area contributed by atoms with Gasteiger partial charge in [0.05, 0.1) is 12.0 Å². The molecule has 2 aliphatic rings. The molecule has 1 saturated heterocycles. The van der Waals surface area contributed by atoms with E-state index in [0.717, 1.165) is 5.56 Å². The number of β-lactam (4-membered cyclic amide) rings is 1. The van der Waals surface area contributed by atoms with Gasteiger partial charge in [0.15, 0.2) is 15.5 Å². The van der Waals surface area contributed by atoms with E-state index >= 15 is 0 Å². The standard InChI is InChI=1S/C22H21NO5S/c24-12-11-17-18-13-19(29(27)16-9-5-2-6-10-16)20(23(18)21(17)25)22(26)28-14-15-7-3-1-4-8-15/h1-10,17-18,24H,11-14H2. The lowest BCUT2D eigenvalue weighted by Gasteiger charge is -2.42. The molecule has 2 aliphatic heterocycles. The number of fused-ring (bicyclic) bond motifs is 1. The number of aliphatic hydroxyl groups is 1. The molecule has 3 atom stereocenters. The second kappa shape index (κ2) is 8.41. The van der Waals surface area contributed by atoms with Crippen molar-refractivity contribution >= 4 is 23.1 Å². The number of esters is 1. The molecule has 0 saturated carbocycles. The van der Waals surface area contributed by atoms with Crippen LogP contribution < -0.4 is 0 Å². The highest BCUT2D eigenvalue weighted by Gasteiger charge is 2.57. The van der Waals surface area contributed by atoms with E-state index in [-0.39, 0.29) is 36.8 Å². The average molecular weight is 411 g/mol. The van der Waals surface area contributed by atoms with E-state index in [4.69, 9.17) is 4.74 Å². The molecule has 1 fully saturated rings. The molecule has 2 heterocycles. The van der Waals surface area contributed by atoms with Crippen molar-refractivity contribution in [1.29, 1.82) is 0 Å². The van der Waals surface area contributed by atoms with Gasteiger partial charge < -0.3 is 14.4 Å². The number of benzene rings is 2. The second-order valence-electron chi connectivity index (χ2n) is 7.01. The number of hydrogen-bond donors (Lipinski definition) is 1. The zero-order chi connectivity index (χ0) is 20.4. The van der Waals surface area contributed by atoms with E-state index < -0.39 is 17.1 Å². The monoisotopic (exact) mass is 411 g/mol. The van der Waals surface area contributed by atoms with Crippen LogP contribution in [0.15, 0.2) is 76.2 Å². The molecule has 6 nitrogen and oxygen atoms in total. The van der Waals surface area contributed by atoms with Gasteiger partial charge in [-0.15, -0.1) is 0 Å². The maximum Gasteiger partial charge on any atom is 0.360 e. The van der Waals surface area contributed by atoms with Gasteiger partial charge in [0, 0.05) is 24.2 Å². The Hall–Kier alpha value is -2.61. The lowest BCUT2D eigenvalue weighted by molar-refractivity contribution is -0.157. The number of carbonyl (C=O) groups is 2. The van der Waals surface area contributed by atoms with Crippen LogP contribution in [0.5, 0.6) is 0 Å². The lowest BCUT2D eigenvalue weighted by atomic mass is 9.85. The molecule has 0 aliphatic carbocycles. The number of aliphatic hydroxyl groups excluding tert-OH is 1. The summed E-state index contributed by atoms with van der Waals surface area (Å²) >= 11 is -1.57. The fourth-order valence-electron chi connectivity index (χ4n) is 3.84. The van der Waals surface area contributed by atoms with Crippen molar-refractivity contribution in [3.05, 3.63) is 76.8 Å². The summed E-state index contributed by atoms with van der Waals surface area (Å²) in [6, 6.07) is 17.9. The Bertz CT molecular complexity index is 931. The third-order valence-electron chi connectivity index (χ3n) is 5.28. The van der Waals surface area contributed by atoms with Gasteiger partial charge in [0.1, 0.15) is 6.61 Å². The fourth-order valence-corrected chi connectivity index (χ4v) is 5.21. The first-order chi connectivity index (χ1) is 14.1. The first kappa shape index (κ1) is 19.7. The summed E-state index contributed by atoms with van der Waals surface area (Å²) in [5.74, 6) is -1.23. The summed E-state index contributed by atoms with van der Waals surface area (Å²) in [5.41, 5.74) is 0.919. The Morgan fingerprint density at radius 3 is 2.45 bits per heavy atom. The molecule has 2 aromatic rings. The zero-order valence-electron chi connectivity index (χ0n) is 15.7. The maximum absolute atomic E-state index is 13.2. The van der Waals surface area contributed by atoms with Crippen molar-refractivity contribution in [2.45, 2.75) is 30.4 Å². The number of rotatable bonds is 7. The fraction of sp³-hybridized carbons (Fsp3) is 0.273. The molecule has 0 bridgehead atoms. The summed E-state index contributed by atoms with van der Waals surface area (Å²) < 4.78 is 18.6. The topological polar surface area (TPSA) is 89.9 Å². The molecule has 4 rings (SSSR count). The average Bonchev–Trinajstić information content (AvgIpc) is 3.12. The van der Waals surface area contributed by atoms with Gasteiger partial charge in [-0.3, -0.25) is 9.69 Å². The van der Waals surface area contributed by atoms with E-state index in [9.17, 15) is 19.2 Å². The van der Waals surface area contributed by atoms with Crippen molar-refractivity contribution in [3.63, 3.8) is 0 Å². The molecule has 1 amide bonds. The Labute approximate surface area is 172 Å². The molecule has 7 heteroatoms. The highest BCUT2D eigenvalue weighted by molar-refractivity contribution is 7.95. The van der Waals surface area contributed by atoms with E-state index in [0.29, 0.717) is 22.6 Å². The van der Waals surface area contributed by atoms with Crippen molar-refractivity contribution < 1.29 is 24.0 Å². The molecular formula is C22H21NO5S. The normalized spacial score (nSPS) is 21.6. The minimum atomic E-state index is -1.57. The van der Waals surface area contributed by atoms with Gasteiger partial charge in [-0.1, -0.05) is 48.5 Å². The molecule has 2 aromatic carbocycles. The number of nitrogens with zero attached hydrogens (tertiary/aromatic N) is 1. The Balaban J connectivity index is 1.61. The van der Waals surface area contributed by atoms with E-state index in [1.54, 1.807) is 24.3 Å². The summed E-state index contributed by atoms with van der Waals surface area (Å²) in [4.78, 5) is 27.9. The summed E-state index contributed by atoms with van der Waals surface area (Å²) in [7, 11) is 0. The summed E-state index contributed by atoms with van der Waals surface area (Å²) in [5, 5.41) is 9.24. The van der Waals surface area contributed by atoms with Crippen LogP contribution in [0.2, 0.25) is 0 Å². The highest BCUT2D eigenvalue weighted by atomic mass is 32.2. The van der Waals surface area contributed by atoms with Crippen LogP contribution in [0.1, 0.15) is 18.4 Å². The minimum Gasteiger partial charge on any atom is -0.607 e. The van der Waals surface area contributed by atoms with Gasteiger partial charge in [-0.25, -0.2) is 4.79 Å². The van der Waals surface area contributed by atoms with E-state index in [2.05, 4.69) is 0 Å². The van der Waals surface area contributed by atoms with Crippen LogP contribution in [-0.2, 0) is 32.1 Å². The van der Waals surface area contributed by atoms with Crippen LogP contribution in [0.3, 0.4) is 0 Å². The SMILES string of the molecule is O=C(OCc1ccccc1)C1=C([S+]([O-])c2ccccc2)CC2C(CCO)C(=O)N12. The van der Waals surface area contributed by atoms with E-state index in [1.165, 1.54) is 4.90 Å². The number of carbonyl (C=O) groups excluding carboxylic acids is 2. The predicted molar refractivity (Wildman–Crippen MR) is 107 cm³/mol. The molecule has 150 valence electrons. The maximum atomic E-state index is 13.2. The van der Waals surface area contributed by atoms with Crippen LogP contribution in [-0.4, -0.2) is 39.1 Å². The predicted octanol–water partition coefficient (Wildman–Crippen LogP) is 2.36. The van der Waals surface area contributed by atoms with Crippen molar-refractivity contribution in [2.75, 3.05) is 6.61 Å². The zero-order valence-corrected chi connectivity index (χ0v) is 16.5. The molecule has 3 unspecified atom stereocenters. The third kappa shape index (κ3) is 3.69.